The molecule has 38 heavy (non-hydrogen) atoms. The molecule has 5 rings (SSSR count). The van der Waals surface area contributed by atoms with Gasteiger partial charge in [-0.2, -0.15) is 0 Å². The van der Waals surface area contributed by atoms with Gasteiger partial charge in [-0.3, -0.25) is 19.7 Å². The molecule has 10 nitrogen and oxygen atoms in total. The molecule has 3 aliphatic rings. The van der Waals surface area contributed by atoms with Crippen molar-refractivity contribution in [3.63, 3.8) is 0 Å². The summed E-state index contributed by atoms with van der Waals surface area (Å²) in [5.74, 6) is -1.79. The van der Waals surface area contributed by atoms with Crippen LogP contribution in [0.2, 0.25) is 0 Å². The van der Waals surface area contributed by atoms with Crippen LogP contribution in [0.3, 0.4) is 0 Å². The first-order valence-corrected chi connectivity index (χ1v) is 12.6. The Labute approximate surface area is 220 Å². The molecule has 0 saturated carbocycles. The van der Waals surface area contributed by atoms with E-state index in [4.69, 9.17) is 10.8 Å². The fourth-order valence-electron chi connectivity index (χ4n) is 4.83. The highest BCUT2D eigenvalue weighted by molar-refractivity contribution is 6.06. The fourth-order valence-corrected chi connectivity index (χ4v) is 4.83. The zero-order valence-electron chi connectivity index (χ0n) is 21.8. The van der Waals surface area contributed by atoms with Crippen molar-refractivity contribution in [2.75, 3.05) is 31.6 Å². The lowest BCUT2D eigenvalue weighted by Crippen LogP contribution is -2.52. The molecule has 0 bridgehead atoms. The predicted octanol–water partition coefficient (Wildman–Crippen LogP) is 2.81. The van der Waals surface area contributed by atoms with E-state index in [9.17, 15) is 23.6 Å². The summed E-state index contributed by atoms with van der Waals surface area (Å²) in [6.07, 6.45) is 1.47. The summed E-state index contributed by atoms with van der Waals surface area (Å²) in [5.41, 5.74) is 1.82. The molecule has 0 aliphatic carbocycles. The van der Waals surface area contributed by atoms with E-state index >= 15 is 0 Å². The van der Waals surface area contributed by atoms with Gasteiger partial charge in [-0.05, 0) is 49.6 Å². The van der Waals surface area contributed by atoms with Gasteiger partial charge in [0.2, 0.25) is 11.8 Å². The number of imide groups is 1. The standard InChI is InChI=1S/C27H29FN4O6/c28-21-7-6-18(37-12-13-38-27(36)31-10-1-2-11-31)14-17(21)15-29-22-5-3-4-19-20(22)16-32(26(19)35)23-8-9-24(33)30-25(23)34/h3-7,14,23,29H,1-2,8-13,15-16H2,(H,30,33,34)/t23-/m0/s1/i23D. The first-order chi connectivity index (χ1) is 18.8. The lowest BCUT2D eigenvalue weighted by molar-refractivity contribution is -0.136. The van der Waals surface area contributed by atoms with Crippen LogP contribution in [0.25, 0.3) is 0 Å². The van der Waals surface area contributed by atoms with Gasteiger partial charge in [0.1, 0.15) is 30.8 Å². The topological polar surface area (TPSA) is 117 Å². The molecule has 2 aromatic carbocycles. The lowest BCUT2D eigenvalue weighted by Gasteiger charge is -2.29. The zero-order valence-corrected chi connectivity index (χ0v) is 20.8. The number of carbonyl (C=O) groups excluding carboxylic acids is 4. The Morgan fingerprint density at radius 2 is 1.97 bits per heavy atom. The molecular weight excluding hydrogens is 495 g/mol. The minimum atomic E-state index is -1.89. The van der Waals surface area contributed by atoms with Crippen molar-refractivity contribution in [2.45, 2.75) is 44.8 Å². The zero-order chi connectivity index (χ0) is 27.6. The van der Waals surface area contributed by atoms with Gasteiger partial charge in [-0.25, -0.2) is 9.18 Å². The van der Waals surface area contributed by atoms with E-state index in [1.165, 1.54) is 12.1 Å². The maximum absolute atomic E-state index is 14.6. The second kappa shape index (κ2) is 11.1. The SMILES string of the molecule is [2H][C@]1(N2Cc3c(NCc4cc(OCCOC(=O)N5CCCC5)ccc4F)cccc3C2=O)CCC(=O)NC1=O. The largest absolute Gasteiger partial charge is 0.490 e. The number of hydrogen-bond donors (Lipinski definition) is 2. The van der Waals surface area contributed by atoms with Crippen molar-refractivity contribution in [3.05, 3.63) is 58.9 Å². The van der Waals surface area contributed by atoms with Gasteiger partial charge in [-0.1, -0.05) is 6.07 Å². The number of nitrogens with zero attached hydrogens (tertiary/aromatic N) is 2. The minimum absolute atomic E-state index is 0.00420. The van der Waals surface area contributed by atoms with Gasteiger partial charge in [0.25, 0.3) is 5.91 Å². The third-order valence-corrected chi connectivity index (χ3v) is 6.83. The molecular formula is C27H29FN4O6. The number of nitrogens with one attached hydrogen (secondary N) is 2. The monoisotopic (exact) mass is 525 g/mol. The molecule has 2 saturated heterocycles. The molecule has 2 N–H and O–H groups in total. The second-order valence-electron chi connectivity index (χ2n) is 9.31. The number of amides is 4. The molecule has 4 amide bonds. The van der Waals surface area contributed by atoms with Crippen molar-refractivity contribution in [1.82, 2.24) is 15.1 Å². The van der Waals surface area contributed by atoms with E-state index < -0.39 is 29.6 Å². The van der Waals surface area contributed by atoms with Crippen LogP contribution < -0.4 is 15.4 Å². The van der Waals surface area contributed by atoms with Crippen molar-refractivity contribution in [2.24, 2.45) is 0 Å². The van der Waals surface area contributed by atoms with Crippen molar-refractivity contribution in [1.29, 1.82) is 0 Å². The molecule has 1 atom stereocenters. The summed E-state index contributed by atoms with van der Waals surface area (Å²) in [4.78, 5) is 51.9. The van der Waals surface area contributed by atoms with Gasteiger partial charge >= 0.3 is 6.09 Å². The predicted molar refractivity (Wildman–Crippen MR) is 134 cm³/mol. The van der Waals surface area contributed by atoms with E-state index in [2.05, 4.69) is 10.6 Å². The third-order valence-electron chi connectivity index (χ3n) is 6.83. The molecule has 3 heterocycles. The summed E-state index contributed by atoms with van der Waals surface area (Å²) in [5, 5.41) is 5.30. The van der Waals surface area contributed by atoms with E-state index in [0.29, 0.717) is 41.2 Å². The number of fused-ring (bicyclic) bond motifs is 1. The normalized spacial score (nSPS) is 21.2. The van der Waals surface area contributed by atoms with E-state index in [1.54, 1.807) is 29.2 Å². The maximum Gasteiger partial charge on any atom is 0.409 e. The molecule has 0 radical (unpaired) electrons. The van der Waals surface area contributed by atoms with Crippen LogP contribution in [0, 0.1) is 5.82 Å². The number of ether oxygens (including phenoxy) is 2. The van der Waals surface area contributed by atoms with Gasteiger partial charge in [0, 0.05) is 55.0 Å². The van der Waals surface area contributed by atoms with Crippen molar-refractivity contribution >= 4 is 29.5 Å². The van der Waals surface area contributed by atoms with Crippen LogP contribution >= 0.6 is 0 Å². The highest BCUT2D eigenvalue weighted by atomic mass is 19.1. The van der Waals surface area contributed by atoms with Crippen molar-refractivity contribution < 1.29 is 34.4 Å². The first kappa shape index (κ1) is 24.2. The fraction of sp³-hybridized carbons (Fsp3) is 0.407. The number of benzene rings is 2. The van der Waals surface area contributed by atoms with Gasteiger partial charge in [0.15, 0.2) is 0 Å². The maximum atomic E-state index is 14.6. The Balaban J connectivity index is 1.21. The molecule has 0 spiro atoms. The number of piperidine rings is 1. The van der Waals surface area contributed by atoms with Crippen LogP contribution in [-0.2, 0) is 27.4 Å². The van der Waals surface area contributed by atoms with Crippen LogP contribution in [0.5, 0.6) is 5.75 Å². The number of carbonyl (C=O) groups is 4. The quantitative estimate of drug-likeness (QED) is 0.402. The average molecular weight is 526 g/mol. The average Bonchev–Trinajstić information content (AvgIpc) is 3.58. The van der Waals surface area contributed by atoms with Crippen molar-refractivity contribution in [3.8, 4) is 5.75 Å². The smallest absolute Gasteiger partial charge is 0.409 e. The number of rotatable bonds is 8. The van der Waals surface area contributed by atoms with Crippen LogP contribution in [0.1, 0.15) is 48.5 Å². The van der Waals surface area contributed by atoms with Gasteiger partial charge in [0.05, 0.1) is 1.37 Å². The molecule has 200 valence electrons. The Morgan fingerprint density at radius 1 is 1.16 bits per heavy atom. The van der Waals surface area contributed by atoms with Crippen LogP contribution in [0.15, 0.2) is 36.4 Å². The number of likely N-dealkylation sites (tertiary alicyclic amines) is 1. The molecule has 11 heteroatoms. The Morgan fingerprint density at radius 3 is 2.76 bits per heavy atom. The van der Waals surface area contributed by atoms with Crippen LogP contribution in [0.4, 0.5) is 14.9 Å². The number of halogens is 1. The molecule has 2 aromatic rings. The third kappa shape index (κ3) is 5.41. The van der Waals surface area contributed by atoms with Gasteiger partial charge in [-0.15, -0.1) is 0 Å². The molecule has 3 aliphatic heterocycles. The first-order valence-electron chi connectivity index (χ1n) is 13.1. The van der Waals surface area contributed by atoms with Gasteiger partial charge < -0.3 is 24.6 Å². The van der Waals surface area contributed by atoms with E-state index in [1.807, 2.05) is 0 Å². The van der Waals surface area contributed by atoms with E-state index in [-0.39, 0.29) is 45.2 Å². The summed E-state index contributed by atoms with van der Waals surface area (Å²) >= 11 is 0. The Hall–Kier alpha value is -4.15. The summed E-state index contributed by atoms with van der Waals surface area (Å²) in [6, 6.07) is 7.47. The Bertz CT molecular complexity index is 1320. The van der Waals surface area contributed by atoms with E-state index in [0.717, 1.165) is 17.7 Å². The minimum Gasteiger partial charge on any atom is -0.490 e. The second-order valence-corrected chi connectivity index (χ2v) is 9.31. The summed E-state index contributed by atoms with van der Waals surface area (Å²) < 4.78 is 34.1. The molecule has 0 aromatic heterocycles. The highest BCUT2D eigenvalue weighted by Gasteiger charge is 2.39. The number of hydrogen-bond acceptors (Lipinski definition) is 7. The molecule has 2 fully saturated rings. The van der Waals surface area contributed by atoms with Crippen LogP contribution in [-0.4, -0.2) is 65.9 Å². The summed E-state index contributed by atoms with van der Waals surface area (Å²) in [6.45, 7) is 1.68. The lowest BCUT2D eigenvalue weighted by atomic mass is 10.0. The number of anilines is 1. The molecule has 0 unspecified atom stereocenters. The Kier molecular flexibility index (Phi) is 7.05. The highest BCUT2D eigenvalue weighted by Crippen LogP contribution is 2.32. The summed E-state index contributed by atoms with van der Waals surface area (Å²) in [7, 11) is 0.